The van der Waals surface area contributed by atoms with Crippen LogP contribution in [0.15, 0.2) is 24.3 Å². The molecule has 1 amide bonds. The van der Waals surface area contributed by atoms with Gasteiger partial charge in [0.05, 0.1) is 0 Å². The van der Waals surface area contributed by atoms with Crippen LogP contribution in [0.2, 0.25) is 0 Å². The number of carbonyl (C=O) groups is 3. The lowest BCUT2D eigenvalue weighted by molar-refractivity contribution is -0.150. The number of nitrogens with one attached hydrogen (secondary N) is 1. The molecule has 0 aromatic heterocycles. The van der Waals surface area contributed by atoms with E-state index in [0.717, 1.165) is 77.0 Å². The Morgan fingerprint density at radius 2 is 0.980 bits per heavy atom. The van der Waals surface area contributed by atoms with Crippen LogP contribution in [-0.4, -0.2) is 35.6 Å². The van der Waals surface area contributed by atoms with E-state index in [2.05, 4.69) is 43.5 Å². The average Bonchev–Trinajstić information content (AvgIpc) is 3.08. The summed E-state index contributed by atoms with van der Waals surface area (Å²) in [6, 6.07) is 0. The van der Waals surface area contributed by atoms with E-state index in [-0.39, 0.29) is 24.5 Å². The highest BCUT2D eigenvalue weighted by Gasteiger charge is 2.14. The number of hydrogen-bond acceptors (Lipinski definition) is 4. The van der Waals surface area contributed by atoms with E-state index >= 15 is 0 Å². The zero-order chi connectivity index (χ0) is 35.9. The van der Waals surface area contributed by atoms with Crippen molar-refractivity contribution in [2.45, 2.75) is 225 Å². The second kappa shape index (κ2) is 38.7. The molecule has 49 heavy (non-hydrogen) atoms. The molecule has 0 bridgehead atoms. The van der Waals surface area contributed by atoms with Crippen LogP contribution in [0.5, 0.6) is 0 Å². The Morgan fingerprint density at radius 3 is 1.49 bits per heavy atom. The molecule has 1 atom stereocenters. The van der Waals surface area contributed by atoms with Crippen molar-refractivity contribution in [2.24, 2.45) is 0 Å². The number of carboxylic acid groups (broad SMARTS) is 1. The molecule has 6 nitrogen and oxygen atoms in total. The summed E-state index contributed by atoms with van der Waals surface area (Å²) in [6.45, 7) is 4.17. The lowest BCUT2D eigenvalue weighted by Crippen LogP contribution is -2.28. The minimum Gasteiger partial charge on any atom is -0.480 e. The quantitative estimate of drug-likeness (QED) is 0.0382. The number of unbranched alkanes of at least 4 members (excludes halogenated alkanes) is 23. The van der Waals surface area contributed by atoms with Crippen LogP contribution in [0, 0.1) is 0 Å². The first-order chi connectivity index (χ1) is 24.0. The average molecular weight is 690 g/mol. The summed E-state index contributed by atoms with van der Waals surface area (Å²) >= 11 is 0. The number of aliphatic carboxylic acids is 1. The smallest absolute Gasteiger partial charge is 0.322 e. The summed E-state index contributed by atoms with van der Waals surface area (Å²) in [5.74, 6) is -1.24. The van der Waals surface area contributed by atoms with Gasteiger partial charge in [0, 0.05) is 12.8 Å². The monoisotopic (exact) mass is 690 g/mol. The predicted molar refractivity (Wildman–Crippen MR) is 208 cm³/mol. The highest BCUT2D eigenvalue weighted by atomic mass is 16.5. The first-order valence-corrected chi connectivity index (χ1v) is 21.0. The van der Waals surface area contributed by atoms with Gasteiger partial charge in [-0.15, -0.1) is 0 Å². The summed E-state index contributed by atoms with van der Waals surface area (Å²) < 4.78 is 6.02. The van der Waals surface area contributed by atoms with Crippen LogP contribution in [0.3, 0.4) is 0 Å². The summed E-state index contributed by atoms with van der Waals surface area (Å²) in [5.41, 5.74) is 0. The van der Waals surface area contributed by atoms with Gasteiger partial charge in [-0.1, -0.05) is 167 Å². The standard InChI is InChI=1S/C43H79NO5/c1-3-5-7-9-11-13-15-17-19-20-22-24-27-31-35-40(36-32-28-26-29-33-37-41(45)44-39-42(46)47)49-43(48)38-34-30-25-23-21-18-16-14-12-10-8-6-4-2/h8,10,14,16,40H,3-7,9,11-13,15,17-39H2,1-2H3,(H,44,45)(H,46,47)/b10-8-,16-14-. The number of carbonyl (C=O) groups excluding carboxylic acids is 2. The van der Waals surface area contributed by atoms with Crippen LogP contribution >= 0.6 is 0 Å². The first-order valence-electron chi connectivity index (χ1n) is 21.0. The van der Waals surface area contributed by atoms with Gasteiger partial charge in [0.2, 0.25) is 5.91 Å². The molecule has 0 saturated heterocycles. The van der Waals surface area contributed by atoms with Gasteiger partial charge >= 0.3 is 11.9 Å². The Labute approximate surface area is 303 Å². The Bertz CT molecular complexity index is 808. The van der Waals surface area contributed by atoms with Gasteiger partial charge in [-0.2, -0.15) is 0 Å². The Hall–Kier alpha value is -2.11. The summed E-state index contributed by atoms with van der Waals surface area (Å²) in [6.07, 6.45) is 45.8. The minimum atomic E-state index is -1.02. The van der Waals surface area contributed by atoms with E-state index in [1.54, 1.807) is 0 Å². The molecule has 1 unspecified atom stereocenters. The molecule has 6 heteroatoms. The number of rotatable bonds is 38. The Morgan fingerprint density at radius 1 is 0.531 bits per heavy atom. The number of carboxylic acids is 1. The molecular weight excluding hydrogens is 610 g/mol. The van der Waals surface area contributed by atoms with Crippen molar-refractivity contribution in [3.05, 3.63) is 24.3 Å². The number of esters is 1. The van der Waals surface area contributed by atoms with Gasteiger partial charge in [0.25, 0.3) is 0 Å². The summed E-state index contributed by atoms with van der Waals surface area (Å²) in [4.78, 5) is 35.0. The van der Waals surface area contributed by atoms with E-state index in [9.17, 15) is 14.4 Å². The molecule has 0 saturated carbocycles. The van der Waals surface area contributed by atoms with Gasteiger partial charge in [0.15, 0.2) is 0 Å². The van der Waals surface area contributed by atoms with Gasteiger partial charge in [-0.25, -0.2) is 0 Å². The highest BCUT2D eigenvalue weighted by Crippen LogP contribution is 2.19. The lowest BCUT2D eigenvalue weighted by atomic mass is 10.0. The molecule has 0 radical (unpaired) electrons. The molecule has 0 aromatic rings. The molecule has 0 aromatic carbocycles. The second-order valence-electron chi connectivity index (χ2n) is 14.2. The minimum absolute atomic E-state index is 0.0234. The fourth-order valence-electron chi connectivity index (χ4n) is 6.26. The topological polar surface area (TPSA) is 92.7 Å². The van der Waals surface area contributed by atoms with E-state index in [0.29, 0.717) is 12.8 Å². The van der Waals surface area contributed by atoms with Gasteiger partial charge in [-0.3, -0.25) is 14.4 Å². The van der Waals surface area contributed by atoms with Gasteiger partial charge in [0.1, 0.15) is 12.6 Å². The molecule has 0 rings (SSSR count). The third-order valence-corrected chi connectivity index (χ3v) is 9.36. The van der Waals surface area contributed by atoms with Crippen molar-refractivity contribution in [3.8, 4) is 0 Å². The summed E-state index contributed by atoms with van der Waals surface area (Å²) in [7, 11) is 0. The van der Waals surface area contributed by atoms with Gasteiger partial charge < -0.3 is 15.2 Å². The van der Waals surface area contributed by atoms with Crippen LogP contribution in [-0.2, 0) is 19.1 Å². The molecule has 0 aliphatic carbocycles. The molecule has 0 heterocycles. The molecule has 2 N–H and O–H groups in total. The van der Waals surface area contributed by atoms with E-state index in [4.69, 9.17) is 9.84 Å². The summed E-state index contributed by atoms with van der Waals surface area (Å²) in [5, 5.41) is 11.1. The maximum absolute atomic E-state index is 12.7. The fourth-order valence-corrected chi connectivity index (χ4v) is 6.26. The van der Waals surface area contributed by atoms with Gasteiger partial charge in [-0.05, 0) is 64.2 Å². The highest BCUT2D eigenvalue weighted by molar-refractivity contribution is 5.80. The molecule has 286 valence electrons. The number of amides is 1. The van der Waals surface area contributed by atoms with Crippen molar-refractivity contribution >= 4 is 17.8 Å². The predicted octanol–water partition coefficient (Wildman–Crippen LogP) is 12.7. The zero-order valence-corrected chi connectivity index (χ0v) is 32.3. The van der Waals surface area contributed by atoms with E-state index in [1.165, 1.54) is 116 Å². The fraction of sp³-hybridized carbons (Fsp3) is 0.837. The molecule has 0 aliphatic rings. The molecule has 0 spiro atoms. The second-order valence-corrected chi connectivity index (χ2v) is 14.2. The van der Waals surface area contributed by atoms with Crippen LogP contribution in [0.25, 0.3) is 0 Å². The molecule has 0 fully saturated rings. The van der Waals surface area contributed by atoms with Crippen molar-refractivity contribution in [1.82, 2.24) is 5.32 Å². The van der Waals surface area contributed by atoms with Crippen LogP contribution in [0.4, 0.5) is 0 Å². The van der Waals surface area contributed by atoms with Crippen molar-refractivity contribution in [1.29, 1.82) is 0 Å². The number of allylic oxidation sites excluding steroid dienone is 4. The molecule has 0 aliphatic heterocycles. The third kappa shape index (κ3) is 38.5. The van der Waals surface area contributed by atoms with Crippen LogP contribution in [0.1, 0.15) is 219 Å². The zero-order valence-electron chi connectivity index (χ0n) is 32.3. The maximum atomic E-state index is 12.7. The first kappa shape index (κ1) is 46.9. The Balaban J connectivity index is 4.19. The van der Waals surface area contributed by atoms with Crippen molar-refractivity contribution in [3.63, 3.8) is 0 Å². The number of ether oxygens (including phenoxy) is 1. The SMILES string of the molecule is CCC/C=C\C/C=C\CCCCCCCC(=O)OC(CCCCCCCCCCCCCCCC)CCCCCCCC(=O)NCC(=O)O. The number of hydrogen-bond donors (Lipinski definition) is 2. The third-order valence-electron chi connectivity index (χ3n) is 9.36. The maximum Gasteiger partial charge on any atom is 0.322 e. The van der Waals surface area contributed by atoms with Crippen molar-refractivity contribution < 1.29 is 24.2 Å². The molecular formula is C43H79NO5. The van der Waals surface area contributed by atoms with Crippen LogP contribution < -0.4 is 5.32 Å². The normalized spacial score (nSPS) is 12.2. The lowest BCUT2D eigenvalue weighted by Gasteiger charge is -2.18. The largest absolute Gasteiger partial charge is 0.480 e. The Kier molecular flexibility index (Phi) is 37.0. The van der Waals surface area contributed by atoms with Crippen molar-refractivity contribution in [2.75, 3.05) is 6.54 Å². The van der Waals surface area contributed by atoms with E-state index < -0.39 is 5.97 Å². The van der Waals surface area contributed by atoms with E-state index in [1.807, 2.05) is 0 Å².